The van der Waals surface area contributed by atoms with Crippen molar-refractivity contribution in [2.45, 2.75) is 13.5 Å². The smallest absolute Gasteiger partial charge is 0.254 e. The van der Waals surface area contributed by atoms with Crippen LogP contribution in [0.15, 0.2) is 60.9 Å². The van der Waals surface area contributed by atoms with Crippen LogP contribution in [0.4, 0.5) is 0 Å². The van der Waals surface area contributed by atoms with Crippen molar-refractivity contribution in [3.8, 4) is 5.69 Å². The zero-order valence-electron chi connectivity index (χ0n) is 17.2. The summed E-state index contributed by atoms with van der Waals surface area (Å²) in [6, 6.07) is 14.3. The Kier molecular flexibility index (Phi) is 5.79. The molecule has 4 rings (SSSR count). The van der Waals surface area contributed by atoms with Gasteiger partial charge >= 0.3 is 0 Å². The van der Waals surface area contributed by atoms with Gasteiger partial charge in [-0.3, -0.25) is 14.4 Å². The third-order valence-corrected chi connectivity index (χ3v) is 5.09. The predicted octanol–water partition coefficient (Wildman–Crippen LogP) is 1.68. The number of aromatic nitrogens is 2. The van der Waals surface area contributed by atoms with Gasteiger partial charge < -0.3 is 15.5 Å². The lowest BCUT2D eigenvalue weighted by molar-refractivity contribution is -0.123. The van der Waals surface area contributed by atoms with E-state index in [1.807, 2.05) is 25.3 Å². The highest BCUT2D eigenvalue weighted by Crippen LogP contribution is 2.12. The fourth-order valence-corrected chi connectivity index (χ4v) is 3.36. The summed E-state index contributed by atoms with van der Waals surface area (Å²) in [7, 11) is 0. The Hall–Kier alpha value is -3.94. The minimum absolute atomic E-state index is 0.0788. The molecule has 31 heavy (non-hydrogen) atoms. The molecule has 1 saturated heterocycles. The van der Waals surface area contributed by atoms with Crippen molar-refractivity contribution >= 4 is 17.7 Å². The lowest BCUT2D eigenvalue weighted by atomic mass is 10.1. The molecule has 0 unspecified atom stereocenters. The zero-order chi connectivity index (χ0) is 21.8. The average molecular weight is 417 g/mol. The number of amides is 3. The van der Waals surface area contributed by atoms with Crippen molar-refractivity contribution in [1.29, 1.82) is 0 Å². The number of carbonyl (C=O) groups is 3. The van der Waals surface area contributed by atoms with E-state index in [-0.39, 0.29) is 24.3 Å². The fourth-order valence-electron chi connectivity index (χ4n) is 3.36. The summed E-state index contributed by atoms with van der Waals surface area (Å²) in [6.45, 7) is 3.37. The molecule has 0 saturated carbocycles. The Bertz CT molecular complexity index is 1100. The second-order valence-corrected chi connectivity index (χ2v) is 7.47. The number of nitrogens with one attached hydrogen (secondary N) is 2. The molecule has 0 aliphatic carbocycles. The van der Waals surface area contributed by atoms with E-state index in [1.54, 1.807) is 47.3 Å². The van der Waals surface area contributed by atoms with Crippen molar-refractivity contribution in [1.82, 2.24) is 25.3 Å². The van der Waals surface area contributed by atoms with Crippen molar-refractivity contribution in [2.24, 2.45) is 0 Å². The molecule has 2 heterocycles. The van der Waals surface area contributed by atoms with E-state index in [9.17, 15) is 14.4 Å². The third kappa shape index (κ3) is 4.80. The number of piperazine rings is 1. The summed E-state index contributed by atoms with van der Waals surface area (Å²) in [6.07, 6.45) is 3.70. The highest BCUT2D eigenvalue weighted by molar-refractivity contribution is 5.97. The average Bonchev–Trinajstić information content (AvgIpc) is 3.24. The van der Waals surface area contributed by atoms with E-state index in [2.05, 4.69) is 15.7 Å². The lowest BCUT2D eigenvalue weighted by Gasteiger charge is -2.26. The highest BCUT2D eigenvalue weighted by atomic mass is 16.2. The van der Waals surface area contributed by atoms with Crippen LogP contribution in [0.25, 0.3) is 5.69 Å². The Morgan fingerprint density at radius 2 is 1.77 bits per heavy atom. The number of nitrogens with zero attached hydrogens (tertiary/aromatic N) is 3. The molecule has 0 spiro atoms. The van der Waals surface area contributed by atoms with Gasteiger partial charge in [-0.15, -0.1) is 0 Å². The standard InChI is InChI=1S/C23H23N5O3/c1-16-12-26-28(14-16)20-8-6-18(7-9-20)22(30)25-13-17-2-4-19(5-3-17)23(31)27-11-10-24-21(29)15-27/h2-9,12,14H,10-11,13,15H2,1H3,(H,24,29)(H,25,30). The van der Waals surface area contributed by atoms with Crippen LogP contribution in [0.5, 0.6) is 0 Å². The molecule has 8 heteroatoms. The van der Waals surface area contributed by atoms with Gasteiger partial charge in [0.25, 0.3) is 11.8 Å². The van der Waals surface area contributed by atoms with Gasteiger partial charge in [0.05, 0.1) is 18.4 Å². The van der Waals surface area contributed by atoms with E-state index < -0.39 is 0 Å². The second kappa shape index (κ2) is 8.83. The predicted molar refractivity (Wildman–Crippen MR) is 115 cm³/mol. The van der Waals surface area contributed by atoms with Crippen LogP contribution < -0.4 is 10.6 Å². The van der Waals surface area contributed by atoms with Gasteiger partial charge in [-0.05, 0) is 54.4 Å². The summed E-state index contributed by atoms with van der Waals surface area (Å²) >= 11 is 0. The topological polar surface area (TPSA) is 96.3 Å². The van der Waals surface area contributed by atoms with Gasteiger partial charge in [-0.2, -0.15) is 5.10 Å². The SMILES string of the molecule is Cc1cnn(-c2ccc(C(=O)NCc3ccc(C(=O)N4CCNC(=O)C4)cc3)cc2)c1. The Balaban J connectivity index is 1.33. The quantitative estimate of drug-likeness (QED) is 0.660. The first-order valence-corrected chi connectivity index (χ1v) is 10.0. The first kappa shape index (κ1) is 20.3. The van der Waals surface area contributed by atoms with E-state index in [4.69, 9.17) is 0 Å². The molecule has 1 aliphatic heterocycles. The van der Waals surface area contributed by atoms with Crippen LogP contribution in [0.2, 0.25) is 0 Å². The van der Waals surface area contributed by atoms with Crippen molar-refractivity contribution in [3.05, 3.63) is 83.2 Å². The number of benzene rings is 2. The molecule has 8 nitrogen and oxygen atoms in total. The van der Waals surface area contributed by atoms with Crippen LogP contribution in [-0.4, -0.2) is 52.0 Å². The van der Waals surface area contributed by atoms with E-state index in [0.29, 0.717) is 30.8 Å². The molecule has 3 amide bonds. The molecule has 0 radical (unpaired) electrons. The zero-order valence-corrected chi connectivity index (χ0v) is 17.2. The van der Waals surface area contributed by atoms with Crippen LogP contribution >= 0.6 is 0 Å². The molecule has 0 atom stereocenters. The third-order valence-electron chi connectivity index (χ3n) is 5.09. The van der Waals surface area contributed by atoms with E-state index in [0.717, 1.165) is 16.8 Å². The number of carbonyl (C=O) groups excluding carboxylic acids is 3. The second-order valence-electron chi connectivity index (χ2n) is 7.47. The van der Waals surface area contributed by atoms with Crippen molar-refractivity contribution < 1.29 is 14.4 Å². The molecule has 3 aromatic rings. The maximum atomic E-state index is 12.5. The monoisotopic (exact) mass is 417 g/mol. The Morgan fingerprint density at radius 3 is 2.42 bits per heavy atom. The molecule has 1 fully saturated rings. The largest absolute Gasteiger partial charge is 0.353 e. The van der Waals surface area contributed by atoms with Crippen LogP contribution in [0, 0.1) is 6.92 Å². The number of aryl methyl sites for hydroxylation is 1. The highest BCUT2D eigenvalue weighted by Gasteiger charge is 2.22. The molecular weight excluding hydrogens is 394 g/mol. The first-order chi connectivity index (χ1) is 15.0. The van der Waals surface area contributed by atoms with Gasteiger partial charge in [0.1, 0.15) is 0 Å². The Labute approximate surface area is 179 Å². The normalized spacial score (nSPS) is 13.6. The molecular formula is C23H23N5O3. The lowest BCUT2D eigenvalue weighted by Crippen LogP contribution is -2.49. The number of hydrogen-bond donors (Lipinski definition) is 2. The summed E-state index contributed by atoms with van der Waals surface area (Å²) in [4.78, 5) is 38.0. The van der Waals surface area contributed by atoms with E-state index >= 15 is 0 Å². The molecule has 2 aromatic carbocycles. The summed E-state index contributed by atoms with van der Waals surface area (Å²) < 4.78 is 1.76. The molecule has 2 N–H and O–H groups in total. The maximum absolute atomic E-state index is 12.5. The van der Waals surface area contributed by atoms with Gasteiger partial charge in [0.2, 0.25) is 5.91 Å². The molecule has 0 bridgehead atoms. The minimum Gasteiger partial charge on any atom is -0.353 e. The number of rotatable bonds is 5. The van der Waals surface area contributed by atoms with Crippen LogP contribution in [0.3, 0.4) is 0 Å². The molecule has 1 aromatic heterocycles. The van der Waals surface area contributed by atoms with Crippen molar-refractivity contribution in [2.75, 3.05) is 19.6 Å². The van der Waals surface area contributed by atoms with Gasteiger partial charge in [-0.1, -0.05) is 12.1 Å². The van der Waals surface area contributed by atoms with Gasteiger partial charge in [-0.25, -0.2) is 4.68 Å². The Morgan fingerprint density at radius 1 is 1.06 bits per heavy atom. The van der Waals surface area contributed by atoms with Gasteiger partial charge in [0.15, 0.2) is 0 Å². The fraction of sp³-hybridized carbons (Fsp3) is 0.217. The molecule has 158 valence electrons. The summed E-state index contributed by atoms with van der Waals surface area (Å²) in [5.41, 5.74) is 3.91. The maximum Gasteiger partial charge on any atom is 0.254 e. The van der Waals surface area contributed by atoms with Gasteiger partial charge in [0, 0.05) is 37.0 Å². The summed E-state index contributed by atoms with van der Waals surface area (Å²) in [5, 5.41) is 9.85. The van der Waals surface area contributed by atoms with Crippen LogP contribution in [-0.2, 0) is 11.3 Å². The van der Waals surface area contributed by atoms with Crippen molar-refractivity contribution in [3.63, 3.8) is 0 Å². The molecule has 1 aliphatic rings. The first-order valence-electron chi connectivity index (χ1n) is 10.0. The summed E-state index contributed by atoms with van der Waals surface area (Å²) in [5.74, 6) is -0.493. The van der Waals surface area contributed by atoms with E-state index in [1.165, 1.54) is 4.90 Å². The number of hydrogen-bond acceptors (Lipinski definition) is 4. The minimum atomic E-state index is -0.178. The van der Waals surface area contributed by atoms with Crippen LogP contribution in [0.1, 0.15) is 31.8 Å².